The van der Waals surface area contributed by atoms with Crippen LogP contribution >= 0.6 is 23.2 Å². The van der Waals surface area contributed by atoms with Gasteiger partial charge < -0.3 is 14.4 Å². The molecule has 6 nitrogen and oxygen atoms in total. The maximum atomic E-state index is 10.7. The maximum Gasteiger partial charge on any atom is 0.303 e. The summed E-state index contributed by atoms with van der Waals surface area (Å²) in [5.41, 5.74) is 1.79. The predicted octanol–water partition coefficient (Wildman–Crippen LogP) is 5.08. The number of pyridine rings is 1. The van der Waals surface area contributed by atoms with Crippen LogP contribution in [0, 0.1) is 0 Å². The Morgan fingerprint density at radius 3 is 2.81 bits per heavy atom. The lowest BCUT2D eigenvalue weighted by Crippen LogP contribution is -2.08. The van der Waals surface area contributed by atoms with E-state index in [0.29, 0.717) is 38.9 Å². The molecular weight excluding hydrogens is 379 g/mol. The van der Waals surface area contributed by atoms with Gasteiger partial charge in [0.15, 0.2) is 5.58 Å². The predicted molar refractivity (Wildman–Crippen MR) is 97.9 cm³/mol. The number of aliphatic carboxylic acids is 1. The van der Waals surface area contributed by atoms with E-state index < -0.39 is 5.97 Å². The van der Waals surface area contributed by atoms with Gasteiger partial charge in [0, 0.05) is 24.1 Å². The van der Waals surface area contributed by atoms with Crippen LogP contribution in [0.1, 0.15) is 37.3 Å². The molecule has 3 rings (SSSR count). The number of benzene rings is 1. The third-order valence-electron chi connectivity index (χ3n) is 3.90. The summed E-state index contributed by atoms with van der Waals surface area (Å²) in [5.74, 6) is -0.447. The van der Waals surface area contributed by atoms with Crippen molar-refractivity contribution < 1.29 is 19.2 Å². The lowest BCUT2D eigenvalue weighted by atomic mass is 10.1. The van der Waals surface area contributed by atoms with Crippen molar-refractivity contribution in [2.24, 2.45) is 0 Å². The molecule has 0 aliphatic rings. The van der Waals surface area contributed by atoms with E-state index in [2.05, 4.69) is 10.1 Å². The van der Waals surface area contributed by atoms with E-state index in [1.807, 2.05) is 6.92 Å². The molecule has 0 saturated heterocycles. The van der Waals surface area contributed by atoms with Gasteiger partial charge in [0.1, 0.15) is 11.9 Å². The van der Waals surface area contributed by atoms with E-state index in [9.17, 15) is 4.79 Å². The van der Waals surface area contributed by atoms with Crippen LogP contribution in [0.5, 0.6) is 5.75 Å². The zero-order chi connectivity index (χ0) is 18.7. The first-order chi connectivity index (χ1) is 12.5. The second-order valence-corrected chi connectivity index (χ2v) is 6.56. The molecule has 0 fully saturated rings. The summed E-state index contributed by atoms with van der Waals surface area (Å²) in [5, 5.41) is 14.4. The Hall–Kier alpha value is -2.31. The average molecular weight is 395 g/mol. The summed E-state index contributed by atoms with van der Waals surface area (Å²) in [7, 11) is 0. The van der Waals surface area contributed by atoms with Crippen LogP contribution in [0.25, 0.3) is 11.0 Å². The SMILES string of the molecule is CC[C@@H](Oc1cc2onc(CCC(=O)O)c2cc1Cl)c1ccc(Cl)cn1. The molecule has 0 aliphatic carbocycles. The quantitative estimate of drug-likeness (QED) is 0.601. The molecule has 136 valence electrons. The van der Waals surface area contributed by atoms with Crippen molar-refractivity contribution in [1.29, 1.82) is 0 Å². The van der Waals surface area contributed by atoms with Crippen molar-refractivity contribution in [3.63, 3.8) is 0 Å². The molecule has 8 heteroatoms. The molecule has 3 aromatic rings. The average Bonchev–Trinajstić information content (AvgIpc) is 3.00. The number of hydrogen-bond donors (Lipinski definition) is 1. The van der Waals surface area contributed by atoms with E-state index in [4.69, 9.17) is 37.6 Å². The number of fused-ring (bicyclic) bond motifs is 1. The highest BCUT2D eigenvalue weighted by Gasteiger charge is 2.18. The van der Waals surface area contributed by atoms with Crippen LogP contribution in [0.15, 0.2) is 35.0 Å². The normalized spacial score (nSPS) is 12.3. The van der Waals surface area contributed by atoms with Crippen molar-refractivity contribution in [3.8, 4) is 5.75 Å². The molecule has 0 aliphatic heterocycles. The Kier molecular flexibility index (Phi) is 5.64. The molecule has 0 amide bonds. The fraction of sp³-hybridized carbons (Fsp3) is 0.278. The van der Waals surface area contributed by atoms with Gasteiger partial charge in [-0.05, 0) is 24.6 Å². The minimum atomic E-state index is -0.895. The first-order valence-electron chi connectivity index (χ1n) is 8.05. The van der Waals surface area contributed by atoms with Gasteiger partial charge in [-0.15, -0.1) is 0 Å². The van der Waals surface area contributed by atoms with Crippen molar-refractivity contribution in [3.05, 3.63) is 51.9 Å². The zero-order valence-corrected chi connectivity index (χ0v) is 15.4. The van der Waals surface area contributed by atoms with Crippen LogP contribution in [0.2, 0.25) is 10.0 Å². The molecule has 0 spiro atoms. The van der Waals surface area contributed by atoms with E-state index in [-0.39, 0.29) is 18.9 Å². The van der Waals surface area contributed by atoms with Gasteiger partial charge in [-0.2, -0.15) is 0 Å². The molecule has 0 radical (unpaired) electrons. The number of rotatable bonds is 7. The molecular formula is C18H16Cl2N2O4. The Labute approximate surface area is 159 Å². The van der Waals surface area contributed by atoms with Gasteiger partial charge in [0.25, 0.3) is 0 Å². The Bertz CT molecular complexity index is 925. The van der Waals surface area contributed by atoms with E-state index >= 15 is 0 Å². The number of nitrogens with zero attached hydrogens (tertiary/aromatic N) is 2. The number of carboxylic acids is 1. The second kappa shape index (κ2) is 7.93. The van der Waals surface area contributed by atoms with Gasteiger partial charge in [-0.25, -0.2) is 0 Å². The molecule has 1 aromatic carbocycles. The number of ether oxygens (including phenoxy) is 1. The lowest BCUT2D eigenvalue weighted by molar-refractivity contribution is -0.136. The topological polar surface area (TPSA) is 85.5 Å². The highest BCUT2D eigenvalue weighted by Crippen LogP contribution is 2.35. The lowest BCUT2D eigenvalue weighted by Gasteiger charge is -2.18. The third kappa shape index (κ3) is 4.08. The summed E-state index contributed by atoms with van der Waals surface area (Å²) in [6, 6.07) is 6.91. The number of halogens is 2. The minimum absolute atomic E-state index is 0.0301. The summed E-state index contributed by atoms with van der Waals surface area (Å²) in [4.78, 5) is 15.0. The van der Waals surface area contributed by atoms with Gasteiger partial charge in [-0.1, -0.05) is 35.3 Å². The third-order valence-corrected chi connectivity index (χ3v) is 4.41. The van der Waals surface area contributed by atoms with Crippen molar-refractivity contribution >= 4 is 40.1 Å². The van der Waals surface area contributed by atoms with Gasteiger partial charge in [0.2, 0.25) is 0 Å². The van der Waals surface area contributed by atoms with Gasteiger partial charge >= 0.3 is 5.97 Å². The van der Waals surface area contributed by atoms with E-state index in [1.54, 1.807) is 30.5 Å². The largest absolute Gasteiger partial charge is 0.482 e. The molecule has 1 atom stereocenters. The molecule has 1 N–H and O–H groups in total. The molecule has 2 aromatic heterocycles. The molecule has 26 heavy (non-hydrogen) atoms. The van der Waals surface area contributed by atoms with Crippen LogP contribution in [0.3, 0.4) is 0 Å². The molecule has 2 heterocycles. The van der Waals surface area contributed by atoms with Crippen LogP contribution in [-0.2, 0) is 11.2 Å². The maximum absolute atomic E-state index is 10.7. The van der Waals surface area contributed by atoms with E-state index in [0.717, 1.165) is 5.69 Å². The number of hydrogen-bond acceptors (Lipinski definition) is 5. The van der Waals surface area contributed by atoms with E-state index in [1.165, 1.54) is 0 Å². The Morgan fingerprint density at radius 1 is 1.35 bits per heavy atom. The first kappa shape index (κ1) is 18.5. The number of aromatic nitrogens is 2. The molecule has 0 saturated carbocycles. The van der Waals surface area contributed by atoms with Gasteiger partial charge in [-0.3, -0.25) is 9.78 Å². The Morgan fingerprint density at radius 2 is 2.15 bits per heavy atom. The fourth-order valence-corrected chi connectivity index (χ4v) is 2.89. The minimum Gasteiger partial charge on any atom is -0.482 e. The monoisotopic (exact) mass is 394 g/mol. The van der Waals surface area contributed by atoms with Crippen LogP contribution < -0.4 is 4.74 Å². The second-order valence-electron chi connectivity index (χ2n) is 5.72. The smallest absolute Gasteiger partial charge is 0.303 e. The first-order valence-corrected chi connectivity index (χ1v) is 8.81. The standard InChI is InChI=1S/C18H16Cl2N2O4/c1-2-15(14-4-3-10(19)9-21-14)25-17-8-16-11(7-12(17)20)13(22-26-16)5-6-18(23)24/h3-4,7-9,15H,2,5-6H2,1H3,(H,23,24)/t15-/m1/s1. The van der Waals surface area contributed by atoms with Crippen LogP contribution in [-0.4, -0.2) is 21.2 Å². The highest BCUT2D eigenvalue weighted by atomic mass is 35.5. The van der Waals surface area contributed by atoms with Crippen molar-refractivity contribution in [1.82, 2.24) is 10.1 Å². The van der Waals surface area contributed by atoms with Crippen molar-refractivity contribution in [2.45, 2.75) is 32.3 Å². The number of carboxylic acid groups (broad SMARTS) is 1. The Balaban J connectivity index is 1.86. The number of aryl methyl sites for hydroxylation is 1. The highest BCUT2D eigenvalue weighted by molar-refractivity contribution is 6.32. The zero-order valence-electron chi connectivity index (χ0n) is 13.9. The number of carbonyl (C=O) groups is 1. The summed E-state index contributed by atoms with van der Waals surface area (Å²) in [6.45, 7) is 1.98. The summed E-state index contributed by atoms with van der Waals surface area (Å²) in [6.07, 6.45) is 2.20. The van der Waals surface area contributed by atoms with Crippen LogP contribution in [0.4, 0.5) is 0 Å². The fourth-order valence-electron chi connectivity index (χ4n) is 2.57. The molecule has 0 bridgehead atoms. The molecule has 0 unspecified atom stereocenters. The summed E-state index contributed by atoms with van der Waals surface area (Å²) >= 11 is 12.2. The van der Waals surface area contributed by atoms with Gasteiger partial charge in [0.05, 0.1) is 27.9 Å². The van der Waals surface area contributed by atoms with Crippen molar-refractivity contribution in [2.75, 3.05) is 0 Å². The summed E-state index contributed by atoms with van der Waals surface area (Å²) < 4.78 is 11.3.